The highest BCUT2D eigenvalue weighted by Crippen LogP contribution is 2.29. The summed E-state index contributed by atoms with van der Waals surface area (Å²) >= 11 is 6.39. The van der Waals surface area contributed by atoms with Gasteiger partial charge in [-0.15, -0.1) is 0 Å². The first-order chi connectivity index (χ1) is 9.74. The fourth-order valence-corrected chi connectivity index (χ4v) is 2.96. The lowest BCUT2D eigenvalue weighted by molar-refractivity contribution is 0.887. The molecule has 1 saturated heterocycles. The fourth-order valence-electron chi connectivity index (χ4n) is 2.69. The van der Waals surface area contributed by atoms with Crippen molar-refractivity contribution in [2.75, 3.05) is 18.0 Å². The zero-order valence-electron chi connectivity index (χ0n) is 11.6. The maximum Gasteiger partial charge on any atom is 0.138 e. The standard InChI is InChI=1S/C16H18ClN3/c1-12-18-15(17)14(11-13-7-3-2-4-8-13)16(19-12)20-9-5-6-10-20/h2-4,7-8H,5-6,9-11H2,1H3. The number of hydrogen-bond acceptors (Lipinski definition) is 3. The Kier molecular flexibility index (Phi) is 3.88. The molecule has 2 aromatic rings. The average Bonchev–Trinajstić information content (AvgIpc) is 2.96. The van der Waals surface area contributed by atoms with E-state index >= 15 is 0 Å². The number of aryl methyl sites for hydroxylation is 1. The number of rotatable bonds is 3. The summed E-state index contributed by atoms with van der Waals surface area (Å²) in [6.45, 7) is 4.03. The Labute approximate surface area is 124 Å². The van der Waals surface area contributed by atoms with Gasteiger partial charge in [-0.25, -0.2) is 9.97 Å². The second kappa shape index (κ2) is 5.80. The molecule has 1 aliphatic rings. The van der Waals surface area contributed by atoms with Crippen molar-refractivity contribution >= 4 is 17.4 Å². The molecule has 3 nitrogen and oxygen atoms in total. The van der Waals surface area contributed by atoms with E-state index in [-0.39, 0.29) is 0 Å². The molecule has 1 aliphatic heterocycles. The third-order valence-electron chi connectivity index (χ3n) is 3.68. The number of nitrogens with zero attached hydrogens (tertiary/aromatic N) is 3. The van der Waals surface area contributed by atoms with Gasteiger partial charge in [-0.3, -0.25) is 0 Å². The maximum atomic E-state index is 6.39. The van der Waals surface area contributed by atoms with E-state index in [0.717, 1.165) is 36.7 Å². The molecule has 2 heterocycles. The van der Waals surface area contributed by atoms with Crippen LogP contribution in [0.5, 0.6) is 0 Å². The van der Waals surface area contributed by atoms with Crippen LogP contribution in [-0.2, 0) is 6.42 Å². The summed E-state index contributed by atoms with van der Waals surface area (Å²) in [6, 6.07) is 10.4. The molecule has 4 heteroatoms. The number of benzene rings is 1. The molecular weight excluding hydrogens is 270 g/mol. The Hall–Kier alpha value is -1.61. The van der Waals surface area contributed by atoms with Crippen LogP contribution in [0.25, 0.3) is 0 Å². The molecule has 20 heavy (non-hydrogen) atoms. The first-order valence-electron chi connectivity index (χ1n) is 7.06. The predicted octanol–water partition coefficient (Wildman–Crippen LogP) is 3.63. The Bertz CT molecular complexity index is 592. The number of aromatic nitrogens is 2. The molecule has 0 atom stereocenters. The molecule has 3 rings (SSSR count). The van der Waals surface area contributed by atoms with Crippen LogP contribution in [0.4, 0.5) is 5.82 Å². The molecule has 0 unspecified atom stereocenters. The van der Waals surface area contributed by atoms with Gasteiger partial charge in [-0.2, -0.15) is 0 Å². The van der Waals surface area contributed by atoms with Crippen LogP contribution in [0.15, 0.2) is 30.3 Å². The molecule has 0 amide bonds. The van der Waals surface area contributed by atoms with E-state index in [2.05, 4.69) is 27.0 Å². The van der Waals surface area contributed by atoms with E-state index in [1.807, 2.05) is 25.1 Å². The minimum atomic E-state index is 0.586. The van der Waals surface area contributed by atoms with E-state index in [0.29, 0.717) is 5.15 Å². The molecule has 1 aromatic carbocycles. The summed E-state index contributed by atoms with van der Waals surface area (Å²) in [5.41, 5.74) is 2.28. The lowest BCUT2D eigenvalue weighted by atomic mass is 10.1. The Morgan fingerprint density at radius 1 is 1.10 bits per heavy atom. The second-order valence-corrected chi connectivity index (χ2v) is 5.58. The minimum Gasteiger partial charge on any atom is -0.356 e. The highest BCUT2D eigenvalue weighted by atomic mass is 35.5. The molecular formula is C16H18ClN3. The zero-order chi connectivity index (χ0) is 13.9. The molecule has 1 fully saturated rings. The molecule has 0 spiro atoms. The smallest absolute Gasteiger partial charge is 0.138 e. The first-order valence-corrected chi connectivity index (χ1v) is 7.44. The molecule has 0 radical (unpaired) electrons. The third-order valence-corrected chi connectivity index (χ3v) is 3.99. The van der Waals surface area contributed by atoms with Crippen LogP contribution in [0.1, 0.15) is 29.8 Å². The van der Waals surface area contributed by atoms with Crippen LogP contribution in [-0.4, -0.2) is 23.1 Å². The zero-order valence-corrected chi connectivity index (χ0v) is 12.4. The van der Waals surface area contributed by atoms with Crippen LogP contribution in [0, 0.1) is 6.92 Å². The summed E-state index contributed by atoms with van der Waals surface area (Å²) < 4.78 is 0. The summed E-state index contributed by atoms with van der Waals surface area (Å²) in [5.74, 6) is 1.76. The third kappa shape index (κ3) is 2.78. The van der Waals surface area contributed by atoms with E-state index in [1.54, 1.807) is 0 Å². The Morgan fingerprint density at radius 2 is 1.80 bits per heavy atom. The van der Waals surface area contributed by atoms with Crippen LogP contribution >= 0.6 is 11.6 Å². The van der Waals surface area contributed by atoms with Gasteiger partial charge < -0.3 is 4.90 Å². The minimum absolute atomic E-state index is 0.586. The highest BCUT2D eigenvalue weighted by Gasteiger charge is 2.20. The normalized spacial score (nSPS) is 14.8. The van der Waals surface area contributed by atoms with Crippen molar-refractivity contribution in [2.45, 2.75) is 26.2 Å². The number of halogens is 1. The first kappa shape index (κ1) is 13.4. The van der Waals surface area contributed by atoms with Gasteiger partial charge in [0.25, 0.3) is 0 Å². The monoisotopic (exact) mass is 287 g/mol. The number of hydrogen-bond donors (Lipinski definition) is 0. The van der Waals surface area contributed by atoms with Crippen LogP contribution in [0.3, 0.4) is 0 Å². The van der Waals surface area contributed by atoms with Gasteiger partial charge in [0.05, 0.1) is 0 Å². The van der Waals surface area contributed by atoms with E-state index in [4.69, 9.17) is 11.6 Å². The van der Waals surface area contributed by atoms with Gasteiger partial charge in [0, 0.05) is 25.1 Å². The Morgan fingerprint density at radius 3 is 2.50 bits per heavy atom. The lowest BCUT2D eigenvalue weighted by Gasteiger charge is -2.21. The summed E-state index contributed by atoms with van der Waals surface area (Å²) in [4.78, 5) is 11.3. The van der Waals surface area contributed by atoms with Crippen molar-refractivity contribution < 1.29 is 0 Å². The molecule has 104 valence electrons. The molecule has 0 saturated carbocycles. The van der Waals surface area contributed by atoms with Gasteiger partial charge >= 0.3 is 0 Å². The van der Waals surface area contributed by atoms with E-state index in [9.17, 15) is 0 Å². The van der Waals surface area contributed by atoms with Crippen molar-refractivity contribution in [3.05, 3.63) is 52.4 Å². The van der Waals surface area contributed by atoms with Crippen molar-refractivity contribution in [2.24, 2.45) is 0 Å². The molecule has 0 N–H and O–H groups in total. The quantitative estimate of drug-likeness (QED) is 0.807. The lowest BCUT2D eigenvalue weighted by Crippen LogP contribution is -2.22. The summed E-state index contributed by atoms with van der Waals surface area (Å²) in [7, 11) is 0. The molecule has 1 aromatic heterocycles. The SMILES string of the molecule is Cc1nc(Cl)c(Cc2ccccc2)c(N2CCCC2)n1. The summed E-state index contributed by atoms with van der Waals surface area (Å²) in [5, 5.41) is 0.586. The molecule has 0 aliphatic carbocycles. The van der Waals surface area contributed by atoms with Gasteiger partial charge in [-0.05, 0) is 25.3 Å². The largest absolute Gasteiger partial charge is 0.356 e. The van der Waals surface area contributed by atoms with Crippen LogP contribution in [0.2, 0.25) is 5.15 Å². The topological polar surface area (TPSA) is 29.0 Å². The number of anilines is 1. The van der Waals surface area contributed by atoms with Crippen molar-refractivity contribution in [1.29, 1.82) is 0 Å². The van der Waals surface area contributed by atoms with Crippen LogP contribution < -0.4 is 4.90 Å². The Balaban J connectivity index is 1.99. The molecule has 0 bridgehead atoms. The van der Waals surface area contributed by atoms with Gasteiger partial charge in [-0.1, -0.05) is 41.9 Å². The van der Waals surface area contributed by atoms with Crippen molar-refractivity contribution in [3.63, 3.8) is 0 Å². The van der Waals surface area contributed by atoms with Gasteiger partial charge in [0.15, 0.2) is 0 Å². The predicted molar refractivity (Wildman–Crippen MR) is 82.5 cm³/mol. The van der Waals surface area contributed by atoms with E-state index < -0.39 is 0 Å². The maximum absolute atomic E-state index is 6.39. The fraction of sp³-hybridized carbons (Fsp3) is 0.375. The highest BCUT2D eigenvalue weighted by molar-refractivity contribution is 6.30. The van der Waals surface area contributed by atoms with Gasteiger partial charge in [0.1, 0.15) is 16.8 Å². The summed E-state index contributed by atoms with van der Waals surface area (Å²) in [6.07, 6.45) is 3.24. The second-order valence-electron chi connectivity index (χ2n) is 5.22. The average molecular weight is 288 g/mol. The van der Waals surface area contributed by atoms with Gasteiger partial charge in [0.2, 0.25) is 0 Å². The van der Waals surface area contributed by atoms with Crippen molar-refractivity contribution in [3.8, 4) is 0 Å². The van der Waals surface area contributed by atoms with Crippen molar-refractivity contribution in [1.82, 2.24) is 9.97 Å². The van der Waals surface area contributed by atoms with E-state index in [1.165, 1.54) is 18.4 Å².